The molecule has 8 nitrogen and oxygen atoms in total. The number of benzene rings is 1. The van der Waals surface area contributed by atoms with E-state index in [0.29, 0.717) is 31.1 Å². The summed E-state index contributed by atoms with van der Waals surface area (Å²) < 4.78 is 51.6. The van der Waals surface area contributed by atoms with Gasteiger partial charge < -0.3 is 15.1 Å². The minimum Gasteiger partial charge on any atom is -0.369 e. The normalized spacial score (nSPS) is 26.7. The highest BCUT2D eigenvalue weighted by atomic mass is 32.2. The molecule has 2 aromatic rings. The molecule has 1 amide bonds. The monoisotopic (exact) mass is 603 g/mol. The summed E-state index contributed by atoms with van der Waals surface area (Å²) in [7, 11) is -2.98. The van der Waals surface area contributed by atoms with Gasteiger partial charge in [-0.3, -0.25) is 4.79 Å². The third kappa shape index (κ3) is 6.07. The van der Waals surface area contributed by atoms with Crippen molar-refractivity contribution in [1.29, 1.82) is 5.26 Å². The molecule has 1 aromatic heterocycles. The Morgan fingerprint density at radius 3 is 2.29 bits per heavy atom. The van der Waals surface area contributed by atoms with Crippen molar-refractivity contribution in [2.75, 3.05) is 47.5 Å². The van der Waals surface area contributed by atoms with Crippen LogP contribution in [0.15, 0.2) is 24.3 Å². The molecule has 220 valence electrons. The van der Waals surface area contributed by atoms with Crippen LogP contribution in [0.2, 0.25) is 0 Å². The molecule has 6 rings (SSSR count). The molecule has 0 spiro atoms. The summed E-state index contributed by atoms with van der Waals surface area (Å²) in [5.74, 6) is -2.90. The van der Waals surface area contributed by atoms with Crippen LogP contribution in [0.3, 0.4) is 0 Å². The van der Waals surface area contributed by atoms with E-state index in [1.165, 1.54) is 11.3 Å². The van der Waals surface area contributed by atoms with E-state index in [0.717, 1.165) is 47.5 Å². The van der Waals surface area contributed by atoms with Crippen LogP contribution in [0.1, 0.15) is 63.0 Å². The summed E-state index contributed by atoms with van der Waals surface area (Å²) in [6.07, 6.45) is 4.35. The first-order valence-corrected chi connectivity index (χ1v) is 17.1. The summed E-state index contributed by atoms with van der Waals surface area (Å²) in [5.41, 5.74) is 1.99. The van der Waals surface area contributed by atoms with Gasteiger partial charge in [0.25, 0.3) is 5.92 Å². The molecule has 2 aliphatic carbocycles. The van der Waals surface area contributed by atoms with E-state index in [-0.39, 0.29) is 55.2 Å². The molecule has 4 aliphatic rings. The lowest BCUT2D eigenvalue weighted by atomic mass is 9.76. The fourth-order valence-corrected chi connectivity index (χ4v) is 8.62. The smallest absolute Gasteiger partial charge is 0.251 e. The second-order valence-corrected chi connectivity index (χ2v) is 15.2. The van der Waals surface area contributed by atoms with Gasteiger partial charge in [-0.05, 0) is 43.4 Å². The Morgan fingerprint density at radius 1 is 1.00 bits per heavy atom. The van der Waals surface area contributed by atoms with Crippen molar-refractivity contribution >= 4 is 37.9 Å². The van der Waals surface area contributed by atoms with Crippen molar-refractivity contribution < 1.29 is 22.0 Å². The molecule has 0 radical (unpaired) electrons. The van der Waals surface area contributed by atoms with Gasteiger partial charge in [-0.15, -0.1) is 0 Å². The maximum atomic E-state index is 13.9. The van der Waals surface area contributed by atoms with Crippen LogP contribution in [0.25, 0.3) is 10.4 Å². The number of hydrogen-bond donors (Lipinski definition) is 1. The Balaban J connectivity index is 1.31. The van der Waals surface area contributed by atoms with Gasteiger partial charge >= 0.3 is 0 Å². The SMILES string of the molecule is N#CC1(NC(=O)C2CCCCC2c2nc(N3CCC(F)(F)CC3)sc2-c2ccc(N3CCS(=O)(=O)CC3)cc2)CC1. The number of thiazole rings is 1. The van der Waals surface area contributed by atoms with E-state index in [1.54, 1.807) is 0 Å². The number of nitrogens with one attached hydrogen (secondary N) is 1. The molecule has 3 heterocycles. The third-order valence-corrected chi connectivity index (χ3v) is 11.8. The van der Waals surface area contributed by atoms with Crippen molar-refractivity contribution in [3.05, 3.63) is 30.0 Å². The largest absolute Gasteiger partial charge is 0.369 e. The zero-order valence-electron chi connectivity index (χ0n) is 22.9. The fourth-order valence-electron chi connectivity index (χ4n) is 6.22. The predicted molar refractivity (Wildman–Crippen MR) is 155 cm³/mol. The summed E-state index contributed by atoms with van der Waals surface area (Å²) >= 11 is 1.49. The van der Waals surface area contributed by atoms with Crippen LogP contribution in [-0.2, 0) is 14.6 Å². The first-order valence-electron chi connectivity index (χ1n) is 14.5. The molecule has 2 saturated heterocycles. The van der Waals surface area contributed by atoms with E-state index >= 15 is 0 Å². The minimum atomic E-state index is -2.98. The van der Waals surface area contributed by atoms with Crippen LogP contribution in [0, 0.1) is 17.2 Å². The van der Waals surface area contributed by atoms with E-state index in [4.69, 9.17) is 4.98 Å². The molecule has 2 unspecified atom stereocenters. The number of nitriles is 1. The topological polar surface area (TPSA) is 106 Å². The average molecular weight is 604 g/mol. The number of piperidine rings is 1. The first-order chi connectivity index (χ1) is 19.6. The number of halogens is 2. The van der Waals surface area contributed by atoms with E-state index in [1.807, 2.05) is 29.2 Å². The number of anilines is 2. The maximum Gasteiger partial charge on any atom is 0.251 e. The Morgan fingerprint density at radius 2 is 1.66 bits per heavy atom. The average Bonchev–Trinajstić information content (AvgIpc) is 3.60. The van der Waals surface area contributed by atoms with Crippen LogP contribution in [0.4, 0.5) is 19.6 Å². The molecule has 12 heteroatoms. The molecular weight excluding hydrogens is 568 g/mol. The van der Waals surface area contributed by atoms with Gasteiger partial charge in [-0.25, -0.2) is 22.2 Å². The van der Waals surface area contributed by atoms with Crippen LogP contribution in [-0.4, -0.2) is 68.5 Å². The number of rotatable bonds is 6. The summed E-state index contributed by atoms with van der Waals surface area (Å²) in [4.78, 5) is 23.5. The Kier molecular flexibility index (Phi) is 7.47. The molecule has 1 aromatic carbocycles. The van der Waals surface area contributed by atoms with Crippen molar-refractivity contribution in [2.45, 2.75) is 68.7 Å². The molecule has 41 heavy (non-hydrogen) atoms. The quantitative estimate of drug-likeness (QED) is 0.509. The summed E-state index contributed by atoms with van der Waals surface area (Å²) in [5, 5.41) is 13.3. The molecule has 1 N–H and O–H groups in total. The van der Waals surface area contributed by atoms with Crippen LogP contribution < -0.4 is 15.1 Å². The van der Waals surface area contributed by atoms with Gasteiger partial charge in [0.05, 0.1) is 28.1 Å². The second kappa shape index (κ2) is 10.8. The van der Waals surface area contributed by atoms with Gasteiger partial charge in [-0.1, -0.05) is 36.3 Å². The number of aromatic nitrogens is 1. The molecular formula is C29H35F2N5O3S2. The van der Waals surface area contributed by atoms with Crippen molar-refractivity contribution in [2.24, 2.45) is 5.92 Å². The van der Waals surface area contributed by atoms with Crippen LogP contribution >= 0.6 is 11.3 Å². The van der Waals surface area contributed by atoms with E-state index in [9.17, 15) is 27.3 Å². The Labute approximate surface area is 243 Å². The van der Waals surface area contributed by atoms with Gasteiger partial charge in [0.15, 0.2) is 15.0 Å². The van der Waals surface area contributed by atoms with E-state index in [2.05, 4.69) is 16.3 Å². The first kappa shape index (κ1) is 28.3. The number of nitrogens with zero attached hydrogens (tertiary/aromatic N) is 4. The number of carbonyl (C=O) groups is 1. The highest BCUT2D eigenvalue weighted by molar-refractivity contribution is 7.91. The highest BCUT2D eigenvalue weighted by Gasteiger charge is 2.47. The molecule has 2 saturated carbocycles. The van der Waals surface area contributed by atoms with Gasteiger partial charge in [0, 0.05) is 56.5 Å². The van der Waals surface area contributed by atoms with Gasteiger partial charge in [0.1, 0.15) is 5.54 Å². The van der Waals surface area contributed by atoms with Crippen LogP contribution in [0.5, 0.6) is 0 Å². The summed E-state index contributed by atoms with van der Waals surface area (Å²) in [6, 6.07) is 10.3. The second-order valence-electron chi connectivity index (χ2n) is 11.9. The zero-order chi connectivity index (χ0) is 28.8. The lowest BCUT2D eigenvalue weighted by Crippen LogP contribution is -2.42. The number of sulfone groups is 1. The minimum absolute atomic E-state index is 0.0951. The number of hydrogen-bond acceptors (Lipinski definition) is 8. The van der Waals surface area contributed by atoms with Crippen molar-refractivity contribution in [1.82, 2.24) is 10.3 Å². The van der Waals surface area contributed by atoms with Gasteiger partial charge in [-0.2, -0.15) is 5.26 Å². The maximum absolute atomic E-state index is 13.9. The summed E-state index contributed by atoms with van der Waals surface area (Å²) in [6.45, 7) is 1.38. The molecule has 2 atom stereocenters. The lowest BCUT2D eigenvalue weighted by Gasteiger charge is -2.32. The third-order valence-electron chi connectivity index (χ3n) is 9.03. The number of amides is 1. The van der Waals surface area contributed by atoms with Crippen molar-refractivity contribution in [3.63, 3.8) is 0 Å². The fraction of sp³-hybridized carbons (Fsp3) is 0.621. The zero-order valence-corrected chi connectivity index (χ0v) is 24.6. The predicted octanol–water partition coefficient (Wildman–Crippen LogP) is 4.73. The Bertz CT molecular complexity index is 1430. The van der Waals surface area contributed by atoms with Crippen molar-refractivity contribution in [3.8, 4) is 16.5 Å². The lowest BCUT2D eigenvalue weighted by molar-refractivity contribution is -0.127. The van der Waals surface area contributed by atoms with E-state index < -0.39 is 21.3 Å². The Hall–Kier alpha value is -2.78. The molecule has 4 fully saturated rings. The number of alkyl halides is 2. The standard InChI is InChI=1S/C29H35F2N5O3S2/c30-29(31)11-13-36(14-12-29)27-33-24(22-3-1-2-4-23(22)26(37)34-28(19-32)9-10-28)25(40-27)20-5-7-21(8-6-20)35-15-17-41(38,39)18-16-35/h5-8,22-23H,1-4,9-18H2,(H,34,37). The molecule has 2 aliphatic heterocycles. The highest BCUT2D eigenvalue weighted by Crippen LogP contribution is 2.47. The van der Waals surface area contributed by atoms with Gasteiger partial charge in [0.2, 0.25) is 5.91 Å². The molecule has 0 bridgehead atoms. The number of carbonyl (C=O) groups excluding carboxylic acids is 1.